The van der Waals surface area contributed by atoms with Crippen LogP contribution in [-0.2, 0) is 13.0 Å². The summed E-state index contributed by atoms with van der Waals surface area (Å²) >= 11 is 4.11. The number of nitrogens with zero attached hydrogens (tertiary/aromatic N) is 1. The highest BCUT2D eigenvalue weighted by atomic mass is 127. The molecular formula is C11H10INOS. The van der Waals surface area contributed by atoms with Crippen LogP contribution >= 0.6 is 33.9 Å². The Kier molecular flexibility index (Phi) is 3.58. The van der Waals surface area contributed by atoms with E-state index in [0.29, 0.717) is 0 Å². The van der Waals surface area contributed by atoms with Crippen LogP contribution in [0.2, 0.25) is 0 Å². The van der Waals surface area contributed by atoms with Crippen LogP contribution in [0.3, 0.4) is 0 Å². The Morgan fingerprint density at radius 2 is 2.33 bits per heavy atom. The van der Waals surface area contributed by atoms with Crippen molar-refractivity contribution in [2.45, 2.75) is 13.0 Å². The summed E-state index contributed by atoms with van der Waals surface area (Å²) in [6.07, 6.45) is 3.83. The number of hydrogen-bond donors (Lipinski definition) is 0. The van der Waals surface area contributed by atoms with Gasteiger partial charge < -0.3 is 4.57 Å². The maximum atomic E-state index is 10.7. The van der Waals surface area contributed by atoms with Gasteiger partial charge in [-0.25, -0.2) is 0 Å². The van der Waals surface area contributed by atoms with Crippen LogP contribution in [0.5, 0.6) is 0 Å². The second-order valence-corrected chi connectivity index (χ2v) is 5.94. The van der Waals surface area contributed by atoms with E-state index in [9.17, 15) is 4.79 Å². The van der Waals surface area contributed by atoms with Gasteiger partial charge in [-0.05, 0) is 58.2 Å². The van der Waals surface area contributed by atoms with E-state index in [2.05, 4.69) is 34.0 Å². The van der Waals surface area contributed by atoms with Crippen molar-refractivity contribution >= 4 is 40.2 Å². The molecule has 2 heterocycles. The van der Waals surface area contributed by atoms with Crippen molar-refractivity contribution in [2.75, 3.05) is 0 Å². The number of hydrogen-bond acceptors (Lipinski definition) is 2. The molecule has 0 aliphatic heterocycles. The molecule has 2 nitrogen and oxygen atoms in total. The van der Waals surface area contributed by atoms with Gasteiger partial charge in [0.2, 0.25) is 0 Å². The number of halogens is 1. The number of carbonyl (C=O) groups is 1. The fourth-order valence-electron chi connectivity index (χ4n) is 1.48. The Morgan fingerprint density at radius 3 is 3.00 bits per heavy atom. The van der Waals surface area contributed by atoms with Crippen molar-refractivity contribution in [3.63, 3.8) is 0 Å². The maximum absolute atomic E-state index is 10.7. The highest BCUT2D eigenvalue weighted by molar-refractivity contribution is 14.1. The van der Waals surface area contributed by atoms with Gasteiger partial charge >= 0.3 is 0 Å². The molecule has 0 radical (unpaired) electrons. The minimum absolute atomic E-state index is 0.750. The summed E-state index contributed by atoms with van der Waals surface area (Å²) in [6.45, 7) is 0.869. The third-order valence-electron chi connectivity index (χ3n) is 2.30. The van der Waals surface area contributed by atoms with E-state index in [4.69, 9.17) is 0 Å². The highest BCUT2D eigenvalue weighted by Crippen LogP contribution is 2.19. The second kappa shape index (κ2) is 4.94. The number of aromatic nitrogens is 1. The zero-order chi connectivity index (χ0) is 10.7. The fraction of sp³-hybridized carbons (Fsp3) is 0.182. The van der Waals surface area contributed by atoms with Gasteiger partial charge in [0, 0.05) is 12.7 Å². The lowest BCUT2D eigenvalue weighted by molar-refractivity contribution is 0.111. The largest absolute Gasteiger partial charge is 0.345 e. The Hall–Kier alpha value is -0.620. The highest BCUT2D eigenvalue weighted by Gasteiger charge is 2.03. The third-order valence-corrected chi connectivity index (χ3v) is 4.50. The van der Waals surface area contributed by atoms with Gasteiger partial charge in [-0.15, -0.1) is 11.3 Å². The predicted octanol–water partition coefficient (Wildman–Crippen LogP) is 3.21. The maximum Gasteiger partial charge on any atom is 0.166 e. The van der Waals surface area contributed by atoms with E-state index in [0.717, 1.165) is 24.9 Å². The Bertz CT molecular complexity index is 461. The Labute approximate surface area is 106 Å². The van der Waals surface area contributed by atoms with Crippen molar-refractivity contribution in [3.8, 4) is 0 Å². The predicted molar refractivity (Wildman–Crippen MR) is 70.6 cm³/mol. The molecule has 0 spiro atoms. The van der Waals surface area contributed by atoms with Crippen molar-refractivity contribution < 1.29 is 4.79 Å². The molecule has 78 valence electrons. The van der Waals surface area contributed by atoms with E-state index >= 15 is 0 Å². The molecular weight excluding hydrogens is 321 g/mol. The van der Waals surface area contributed by atoms with Gasteiger partial charge in [-0.3, -0.25) is 4.79 Å². The van der Waals surface area contributed by atoms with Crippen LogP contribution in [-0.4, -0.2) is 10.9 Å². The summed E-state index contributed by atoms with van der Waals surface area (Å²) in [7, 11) is 0. The number of aryl methyl sites for hydroxylation is 2. The molecule has 0 bridgehead atoms. The normalized spacial score (nSPS) is 10.5. The number of aldehydes is 1. The summed E-state index contributed by atoms with van der Waals surface area (Å²) in [4.78, 5) is 10.7. The molecule has 2 aromatic rings. The minimum Gasteiger partial charge on any atom is -0.345 e. The van der Waals surface area contributed by atoms with Crippen molar-refractivity contribution in [3.05, 3.63) is 43.9 Å². The zero-order valence-corrected chi connectivity index (χ0v) is 11.0. The van der Waals surface area contributed by atoms with E-state index < -0.39 is 0 Å². The summed E-state index contributed by atoms with van der Waals surface area (Å²) in [5.41, 5.74) is 2.12. The van der Waals surface area contributed by atoms with Gasteiger partial charge in [0.15, 0.2) is 6.29 Å². The molecule has 0 saturated heterocycles. The van der Waals surface area contributed by atoms with Crippen molar-refractivity contribution in [2.24, 2.45) is 0 Å². The Balaban J connectivity index is 2.05. The van der Waals surface area contributed by atoms with Crippen LogP contribution in [0.4, 0.5) is 0 Å². The van der Waals surface area contributed by atoms with Gasteiger partial charge in [0.05, 0.1) is 8.58 Å². The molecule has 0 saturated carbocycles. The molecule has 0 aromatic carbocycles. The van der Waals surface area contributed by atoms with Crippen LogP contribution in [0.1, 0.15) is 16.1 Å². The van der Waals surface area contributed by atoms with E-state index in [-0.39, 0.29) is 0 Å². The second-order valence-electron chi connectivity index (χ2n) is 3.21. The number of carbonyl (C=O) groups excluding carboxylic acids is 1. The lowest BCUT2D eigenvalue weighted by Gasteiger charge is -2.04. The first-order valence-electron chi connectivity index (χ1n) is 4.63. The van der Waals surface area contributed by atoms with Crippen molar-refractivity contribution in [1.29, 1.82) is 0 Å². The zero-order valence-electron chi connectivity index (χ0n) is 8.02. The first-order chi connectivity index (χ1) is 7.31. The molecule has 0 unspecified atom stereocenters. The molecule has 4 heteroatoms. The average molecular weight is 331 g/mol. The van der Waals surface area contributed by atoms with E-state index in [1.54, 1.807) is 11.3 Å². The summed E-state index contributed by atoms with van der Waals surface area (Å²) in [5, 5.41) is 2.10. The smallest absolute Gasteiger partial charge is 0.166 e. The van der Waals surface area contributed by atoms with Gasteiger partial charge in [0.25, 0.3) is 0 Å². The molecule has 0 aliphatic rings. The molecule has 15 heavy (non-hydrogen) atoms. The quantitative estimate of drug-likeness (QED) is 0.623. The molecule has 0 N–H and O–H groups in total. The summed E-state index contributed by atoms with van der Waals surface area (Å²) in [6, 6.07) is 5.89. The van der Waals surface area contributed by atoms with E-state index in [1.807, 2.05) is 22.9 Å². The molecule has 0 fully saturated rings. The van der Waals surface area contributed by atoms with E-state index in [1.165, 1.54) is 8.45 Å². The SMILES string of the molecule is O=Cc1cccn1CCc1ccsc1I. The molecule has 0 atom stereocenters. The standard InChI is InChI=1S/C11H10INOS/c12-11-9(4-7-15-11)3-6-13-5-1-2-10(13)8-14/h1-2,4-5,7-8H,3,6H2. The van der Waals surface area contributed by atoms with Crippen LogP contribution < -0.4 is 0 Å². The fourth-order valence-corrected chi connectivity index (χ4v) is 3.04. The molecule has 0 aliphatic carbocycles. The molecule has 0 amide bonds. The monoisotopic (exact) mass is 331 g/mol. The van der Waals surface area contributed by atoms with Crippen LogP contribution in [0.15, 0.2) is 29.8 Å². The average Bonchev–Trinajstić information content (AvgIpc) is 2.83. The lowest BCUT2D eigenvalue weighted by atomic mass is 10.2. The molecule has 2 rings (SSSR count). The van der Waals surface area contributed by atoms with Crippen LogP contribution in [0, 0.1) is 2.88 Å². The topological polar surface area (TPSA) is 22.0 Å². The van der Waals surface area contributed by atoms with Crippen LogP contribution in [0.25, 0.3) is 0 Å². The van der Waals surface area contributed by atoms with Gasteiger partial charge in [-0.2, -0.15) is 0 Å². The number of thiophene rings is 1. The van der Waals surface area contributed by atoms with Gasteiger partial charge in [0.1, 0.15) is 0 Å². The number of rotatable bonds is 4. The Morgan fingerprint density at radius 1 is 1.47 bits per heavy atom. The summed E-state index contributed by atoms with van der Waals surface area (Å²) < 4.78 is 3.33. The van der Waals surface area contributed by atoms with Gasteiger partial charge in [-0.1, -0.05) is 0 Å². The first-order valence-corrected chi connectivity index (χ1v) is 6.59. The summed E-state index contributed by atoms with van der Waals surface area (Å²) in [5.74, 6) is 0. The third kappa shape index (κ3) is 2.49. The molecule has 2 aromatic heterocycles. The minimum atomic E-state index is 0.750. The lowest BCUT2D eigenvalue weighted by Crippen LogP contribution is -2.03. The van der Waals surface area contributed by atoms with Crippen molar-refractivity contribution in [1.82, 2.24) is 4.57 Å². The first kappa shape index (κ1) is 10.9.